The van der Waals surface area contributed by atoms with Gasteiger partial charge in [-0.1, -0.05) is 48.5 Å². The first-order valence-corrected chi connectivity index (χ1v) is 12.9. The first-order valence-electron chi connectivity index (χ1n) is 12.9. The Bertz CT molecular complexity index is 1320. The molecule has 0 saturated heterocycles. The van der Waals surface area contributed by atoms with Crippen molar-refractivity contribution in [2.24, 2.45) is 0 Å². The van der Waals surface area contributed by atoms with E-state index in [9.17, 15) is 9.59 Å². The number of hydrogen-bond donors (Lipinski definition) is 0. The summed E-state index contributed by atoms with van der Waals surface area (Å²) in [6.07, 6.45) is 1.24. The van der Waals surface area contributed by atoms with Crippen molar-refractivity contribution < 1.29 is 28.5 Å². The third-order valence-electron chi connectivity index (χ3n) is 6.88. The van der Waals surface area contributed by atoms with Crippen molar-refractivity contribution >= 4 is 33.5 Å². The second kappa shape index (κ2) is 12.5. The van der Waals surface area contributed by atoms with Gasteiger partial charge in [-0.15, -0.1) is 0 Å². The molecule has 0 amide bonds. The third kappa shape index (κ3) is 6.43. The minimum atomic E-state index is -0.372. The molecule has 4 aromatic rings. The van der Waals surface area contributed by atoms with Crippen LogP contribution in [0.1, 0.15) is 49.7 Å². The van der Waals surface area contributed by atoms with Crippen LogP contribution in [0.3, 0.4) is 0 Å². The van der Waals surface area contributed by atoms with E-state index in [4.69, 9.17) is 18.9 Å². The largest absolute Gasteiger partial charge is 0.497 e. The normalized spacial score (nSPS) is 12.6. The number of carbonyl (C=O) groups excluding carboxylic acids is 2. The molecular weight excluding hydrogens is 480 g/mol. The SMILES string of the molecule is COc1ccc2cc(C(C)C(=O)OCCCCOC(=O)C(C)c3ccc4cc(OC)ccc4c3)ccc2c1. The molecule has 0 N–H and O–H groups in total. The number of esters is 2. The van der Waals surface area contributed by atoms with Crippen molar-refractivity contribution in [3.05, 3.63) is 83.9 Å². The van der Waals surface area contributed by atoms with Gasteiger partial charge in [0, 0.05) is 0 Å². The number of ether oxygens (including phenoxy) is 4. The molecule has 0 fully saturated rings. The predicted molar refractivity (Wildman–Crippen MR) is 149 cm³/mol. The summed E-state index contributed by atoms with van der Waals surface area (Å²) in [5.41, 5.74) is 1.81. The third-order valence-corrected chi connectivity index (χ3v) is 6.88. The van der Waals surface area contributed by atoms with Crippen LogP contribution >= 0.6 is 0 Å². The van der Waals surface area contributed by atoms with E-state index in [0.29, 0.717) is 12.8 Å². The Hall–Kier alpha value is -4.06. The molecule has 6 heteroatoms. The quantitative estimate of drug-likeness (QED) is 0.162. The Morgan fingerprint density at radius 1 is 0.579 bits per heavy atom. The van der Waals surface area contributed by atoms with Crippen LogP contribution in [0.2, 0.25) is 0 Å². The molecule has 0 heterocycles. The molecule has 198 valence electrons. The van der Waals surface area contributed by atoms with Crippen LogP contribution in [0.15, 0.2) is 72.8 Å². The van der Waals surface area contributed by atoms with Gasteiger partial charge in [-0.2, -0.15) is 0 Å². The molecule has 0 aromatic heterocycles. The topological polar surface area (TPSA) is 71.1 Å². The van der Waals surface area contributed by atoms with Gasteiger partial charge in [0.1, 0.15) is 11.5 Å². The Morgan fingerprint density at radius 3 is 1.34 bits per heavy atom. The van der Waals surface area contributed by atoms with Gasteiger partial charge in [-0.05, 0) is 83.6 Å². The monoisotopic (exact) mass is 514 g/mol. The van der Waals surface area contributed by atoms with Gasteiger partial charge in [-0.25, -0.2) is 0 Å². The van der Waals surface area contributed by atoms with Gasteiger partial charge < -0.3 is 18.9 Å². The van der Waals surface area contributed by atoms with E-state index in [2.05, 4.69) is 0 Å². The maximum absolute atomic E-state index is 12.6. The zero-order valence-corrected chi connectivity index (χ0v) is 22.4. The highest BCUT2D eigenvalue weighted by atomic mass is 16.5. The molecule has 0 radical (unpaired) electrons. The fraction of sp³-hybridized carbons (Fsp3) is 0.312. The highest BCUT2D eigenvalue weighted by molar-refractivity contribution is 5.88. The number of hydrogen-bond acceptors (Lipinski definition) is 6. The Kier molecular flexibility index (Phi) is 8.85. The summed E-state index contributed by atoms with van der Waals surface area (Å²) in [6, 6.07) is 23.6. The lowest BCUT2D eigenvalue weighted by Crippen LogP contribution is -2.16. The summed E-state index contributed by atoms with van der Waals surface area (Å²) in [5.74, 6) is 0.321. The molecule has 0 saturated carbocycles. The van der Waals surface area contributed by atoms with Gasteiger partial charge >= 0.3 is 11.9 Å². The molecule has 2 atom stereocenters. The molecule has 0 bridgehead atoms. The number of fused-ring (bicyclic) bond motifs is 2. The fourth-order valence-electron chi connectivity index (χ4n) is 4.35. The van der Waals surface area contributed by atoms with E-state index in [1.807, 2.05) is 86.6 Å². The van der Waals surface area contributed by atoms with Crippen LogP contribution in [-0.4, -0.2) is 39.4 Å². The highest BCUT2D eigenvalue weighted by Gasteiger charge is 2.19. The summed E-state index contributed by atoms with van der Waals surface area (Å²) < 4.78 is 21.5. The molecule has 0 aliphatic rings. The molecule has 6 nitrogen and oxygen atoms in total. The summed E-state index contributed by atoms with van der Waals surface area (Å²) in [5, 5.41) is 4.20. The average Bonchev–Trinajstić information content (AvgIpc) is 2.96. The highest BCUT2D eigenvalue weighted by Crippen LogP contribution is 2.27. The van der Waals surface area contributed by atoms with Crippen LogP contribution in [0, 0.1) is 0 Å². The van der Waals surface area contributed by atoms with Gasteiger partial charge in [-0.3, -0.25) is 9.59 Å². The maximum atomic E-state index is 12.6. The van der Waals surface area contributed by atoms with Crippen molar-refractivity contribution in [2.45, 2.75) is 38.5 Å². The van der Waals surface area contributed by atoms with Gasteiger partial charge in [0.05, 0.1) is 39.3 Å². The van der Waals surface area contributed by atoms with Crippen LogP contribution in [0.25, 0.3) is 21.5 Å². The number of unbranched alkanes of at least 4 members (excludes halogenated alkanes) is 1. The lowest BCUT2D eigenvalue weighted by molar-refractivity contribution is -0.147. The van der Waals surface area contributed by atoms with Crippen LogP contribution in [0.5, 0.6) is 11.5 Å². The zero-order valence-electron chi connectivity index (χ0n) is 22.4. The zero-order chi connectivity index (χ0) is 27.1. The van der Waals surface area contributed by atoms with Crippen molar-refractivity contribution in [1.82, 2.24) is 0 Å². The number of rotatable bonds is 11. The molecule has 4 aromatic carbocycles. The second-order valence-electron chi connectivity index (χ2n) is 9.43. The van der Waals surface area contributed by atoms with Crippen LogP contribution in [-0.2, 0) is 19.1 Å². The van der Waals surface area contributed by atoms with Gasteiger partial charge in [0.2, 0.25) is 0 Å². The minimum Gasteiger partial charge on any atom is -0.497 e. The molecule has 4 rings (SSSR count). The summed E-state index contributed by atoms with van der Waals surface area (Å²) in [7, 11) is 3.28. The van der Waals surface area contributed by atoms with Crippen LogP contribution in [0.4, 0.5) is 0 Å². The minimum absolute atomic E-state index is 0.266. The van der Waals surface area contributed by atoms with E-state index in [1.54, 1.807) is 14.2 Å². The standard InChI is InChI=1S/C32H34O6/c1-21(23-7-9-27-19-29(35-3)13-11-25(27)17-23)31(33)37-15-5-6-16-38-32(34)22(2)24-8-10-28-20-30(36-4)14-12-26(28)18-24/h7-14,17-22H,5-6,15-16H2,1-4H3. The Morgan fingerprint density at radius 2 is 0.947 bits per heavy atom. The lowest BCUT2D eigenvalue weighted by atomic mass is 9.98. The fourth-order valence-corrected chi connectivity index (χ4v) is 4.35. The Labute approximate surface area is 223 Å². The van der Waals surface area contributed by atoms with Gasteiger partial charge in [0.25, 0.3) is 0 Å². The van der Waals surface area contributed by atoms with Crippen molar-refractivity contribution in [2.75, 3.05) is 27.4 Å². The number of benzene rings is 4. The van der Waals surface area contributed by atoms with E-state index in [1.165, 1.54) is 0 Å². The van der Waals surface area contributed by atoms with E-state index in [-0.39, 0.29) is 37.0 Å². The van der Waals surface area contributed by atoms with Crippen molar-refractivity contribution in [3.8, 4) is 11.5 Å². The van der Waals surface area contributed by atoms with E-state index < -0.39 is 0 Å². The average molecular weight is 515 g/mol. The first kappa shape index (κ1) is 27.0. The summed E-state index contributed by atoms with van der Waals surface area (Å²) in [4.78, 5) is 25.1. The van der Waals surface area contributed by atoms with Crippen molar-refractivity contribution in [1.29, 1.82) is 0 Å². The summed E-state index contributed by atoms with van der Waals surface area (Å²) >= 11 is 0. The number of carbonyl (C=O) groups is 2. The second-order valence-corrected chi connectivity index (χ2v) is 9.43. The Balaban J connectivity index is 1.19. The smallest absolute Gasteiger partial charge is 0.313 e. The van der Waals surface area contributed by atoms with Gasteiger partial charge in [0.15, 0.2) is 0 Å². The van der Waals surface area contributed by atoms with E-state index in [0.717, 1.165) is 44.2 Å². The van der Waals surface area contributed by atoms with E-state index >= 15 is 0 Å². The summed E-state index contributed by atoms with van der Waals surface area (Å²) in [6.45, 7) is 4.27. The molecule has 0 aliphatic carbocycles. The molecule has 2 unspecified atom stereocenters. The first-order chi connectivity index (χ1) is 18.4. The van der Waals surface area contributed by atoms with Crippen molar-refractivity contribution in [3.63, 3.8) is 0 Å². The predicted octanol–water partition coefficient (Wildman–Crippen LogP) is 6.78. The number of methoxy groups -OCH3 is 2. The maximum Gasteiger partial charge on any atom is 0.313 e. The molecular formula is C32H34O6. The molecule has 0 aliphatic heterocycles. The lowest BCUT2D eigenvalue weighted by Gasteiger charge is -2.14. The molecule has 0 spiro atoms. The molecule has 38 heavy (non-hydrogen) atoms. The van der Waals surface area contributed by atoms with Crippen LogP contribution < -0.4 is 9.47 Å².